The summed E-state index contributed by atoms with van der Waals surface area (Å²) in [7, 11) is 0. The molecule has 0 saturated heterocycles. The van der Waals surface area contributed by atoms with Crippen molar-refractivity contribution in [3.05, 3.63) is 66.2 Å². The predicted molar refractivity (Wildman–Crippen MR) is 86.2 cm³/mol. The van der Waals surface area contributed by atoms with Crippen LogP contribution in [0, 0.1) is 0 Å². The summed E-state index contributed by atoms with van der Waals surface area (Å²) in [5.74, 6) is 0.209. The molecule has 0 saturated carbocycles. The maximum absolute atomic E-state index is 11.4. The minimum atomic E-state index is -0.00728. The van der Waals surface area contributed by atoms with Crippen LogP contribution in [-0.4, -0.2) is 10.9 Å². The first-order valence-corrected chi connectivity index (χ1v) is 6.88. The Morgan fingerprint density at radius 1 is 0.909 bits per heavy atom. The molecular weight excluding hydrogens is 276 g/mol. The highest BCUT2D eigenvalue weighted by molar-refractivity contribution is 5.96. The van der Waals surface area contributed by atoms with Gasteiger partial charge in [0.25, 0.3) is 0 Å². The second-order valence-corrected chi connectivity index (χ2v) is 4.96. The van der Waals surface area contributed by atoms with Crippen LogP contribution in [0.25, 0.3) is 10.8 Å². The smallest absolute Gasteiger partial charge is 0.159 e. The zero-order valence-electron chi connectivity index (χ0n) is 12.0. The Labute approximate surface area is 127 Å². The summed E-state index contributed by atoms with van der Waals surface area (Å²) in [4.78, 5) is 11.4. The van der Waals surface area contributed by atoms with Gasteiger partial charge in [-0.15, -0.1) is 5.11 Å². The van der Waals surface area contributed by atoms with Gasteiger partial charge >= 0.3 is 0 Å². The van der Waals surface area contributed by atoms with Crippen molar-refractivity contribution in [2.24, 2.45) is 10.2 Å². The highest BCUT2D eigenvalue weighted by atomic mass is 16.3. The molecule has 3 rings (SSSR count). The van der Waals surface area contributed by atoms with Gasteiger partial charge in [-0.2, -0.15) is 5.11 Å². The molecule has 0 spiro atoms. The van der Waals surface area contributed by atoms with Crippen molar-refractivity contribution in [3.63, 3.8) is 0 Å². The Kier molecular flexibility index (Phi) is 3.66. The molecule has 1 N–H and O–H groups in total. The molecule has 3 aromatic carbocycles. The molecule has 0 atom stereocenters. The second kappa shape index (κ2) is 5.77. The highest BCUT2D eigenvalue weighted by Crippen LogP contribution is 2.33. The number of carbonyl (C=O) groups is 1. The minimum absolute atomic E-state index is 0.00728. The quantitative estimate of drug-likeness (QED) is 0.534. The molecule has 0 heterocycles. The summed E-state index contributed by atoms with van der Waals surface area (Å²) in [6.45, 7) is 1.52. The number of phenols is 1. The summed E-state index contributed by atoms with van der Waals surface area (Å²) >= 11 is 0. The molecule has 4 heteroatoms. The van der Waals surface area contributed by atoms with Crippen LogP contribution in [-0.2, 0) is 0 Å². The third-order valence-corrected chi connectivity index (χ3v) is 3.40. The van der Waals surface area contributed by atoms with Crippen molar-refractivity contribution in [1.29, 1.82) is 0 Å². The Balaban J connectivity index is 2.01. The third kappa shape index (κ3) is 2.72. The van der Waals surface area contributed by atoms with Crippen LogP contribution in [0.1, 0.15) is 17.3 Å². The number of carbonyl (C=O) groups excluding carboxylic acids is 1. The maximum Gasteiger partial charge on any atom is 0.159 e. The Bertz CT molecular complexity index is 885. The standard InChI is InChI=1S/C18H14N2O2/c1-12(21)13-5-4-6-14(11-13)19-20-17-9-10-18(22)16-8-3-2-7-15(16)17/h2-11,22H,1H3. The number of Topliss-reactive ketones (excluding diaryl/α,β-unsaturated/α-hetero) is 1. The molecule has 0 aliphatic rings. The van der Waals surface area contributed by atoms with Gasteiger partial charge in [0.05, 0.1) is 11.4 Å². The Morgan fingerprint density at radius 3 is 2.45 bits per heavy atom. The molecule has 0 bridgehead atoms. The zero-order valence-corrected chi connectivity index (χ0v) is 12.0. The van der Waals surface area contributed by atoms with Crippen molar-refractivity contribution < 1.29 is 9.90 Å². The van der Waals surface area contributed by atoms with Crippen LogP contribution < -0.4 is 0 Å². The van der Waals surface area contributed by atoms with Gasteiger partial charge in [0.15, 0.2) is 5.78 Å². The molecule has 4 nitrogen and oxygen atoms in total. The highest BCUT2D eigenvalue weighted by Gasteiger charge is 2.04. The first-order valence-electron chi connectivity index (χ1n) is 6.88. The van der Waals surface area contributed by atoms with E-state index in [1.165, 1.54) is 6.92 Å². The maximum atomic E-state index is 11.4. The number of fused-ring (bicyclic) bond motifs is 1. The summed E-state index contributed by atoms with van der Waals surface area (Å²) in [5.41, 5.74) is 1.89. The lowest BCUT2D eigenvalue weighted by Crippen LogP contribution is -1.89. The van der Waals surface area contributed by atoms with Crippen LogP contribution in [0.5, 0.6) is 5.75 Å². The van der Waals surface area contributed by atoms with Crippen molar-refractivity contribution in [1.82, 2.24) is 0 Å². The van der Waals surface area contributed by atoms with E-state index in [-0.39, 0.29) is 11.5 Å². The number of hydrogen-bond donors (Lipinski definition) is 1. The van der Waals surface area contributed by atoms with Gasteiger partial charge in [0.2, 0.25) is 0 Å². The molecule has 0 amide bonds. The fourth-order valence-electron chi connectivity index (χ4n) is 2.25. The van der Waals surface area contributed by atoms with E-state index >= 15 is 0 Å². The SMILES string of the molecule is CC(=O)c1cccc(N=Nc2ccc(O)c3ccccc23)c1. The van der Waals surface area contributed by atoms with E-state index in [0.717, 1.165) is 10.8 Å². The van der Waals surface area contributed by atoms with Gasteiger partial charge < -0.3 is 5.11 Å². The fourth-order valence-corrected chi connectivity index (χ4v) is 2.25. The van der Waals surface area contributed by atoms with Gasteiger partial charge in [-0.1, -0.05) is 36.4 Å². The van der Waals surface area contributed by atoms with E-state index < -0.39 is 0 Å². The molecule has 22 heavy (non-hydrogen) atoms. The molecule has 0 unspecified atom stereocenters. The average Bonchev–Trinajstić information content (AvgIpc) is 2.55. The molecule has 3 aromatic rings. The van der Waals surface area contributed by atoms with E-state index in [1.54, 1.807) is 36.4 Å². The number of aromatic hydroxyl groups is 1. The van der Waals surface area contributed by atoms with Crippen LogP contribution >= 0.6 is 0 Å². The number of ketones is 1. The molecule has 0 aromatic heterocycles. The molecule has 0 fully saturated rings. The summed E-state index contributed by atoms with van der Waals surface area (Å²) < 4.78 is 0. The topological polar surface area (TPSA) is 62.0 Å². The third-order valence-electron chi connectivity index (χ3n) is 3.40. The van der Waals surface area contributed by atoms with Gasteiger partial charge in [0, 0.05) is 16.3 Å². The van der Waals surface area contributed by atoms with Crippen molar-refractivity contribution in [3.8, 4) is 5.75 Å². The van der Waals surface area contributed by atoms with Crippen LogP contribution in [0.3, 0.4) is 0 Å². The lowest BCUT2D eigenvalue weighted by molar-refractivity contribution is 0.101. The lowest BCUT2D eigenvalue weighted by Gasteiger charge is -2.03. The number of benzene rings is 3. The number of hydrogen-bond acceptors (Lipinski definition) is 4. The van der Waals surface area contributed by atoms with Crippen LogP contribution in [0.2, 0.25) is 0 Å². The van der Waals surface area contributed by atoms with Gasteiger partial charge in [-0.25, -0.2) is 0 Å². The van der Waals surface area contributed by atoms with Crippen LogP contribution in [0.15, 0.2) is 70.9 Å². The lowest BCUT2D eigenvalue weighted by atomic mass is 10.1. The number of nitrogens with zero attached hydrogens (tertiary/aromatic N) is 2. The number of rotatable bonds is 3. The summed E-state index contributed by atoms with van der Waals surface area (Å²) in [6, 6.07) is 17.8. The largest absolute Gasteiger partial charge is 0.507 e. The molecule has 0 radical (unpaired) electrons. The predicted octanol–water partition coefficient (Wildman–Crippen LogP) is 5.16. The number of phenolic OH excluding ortho intramolecular Hbond substituents is 1. The van der Waals surface area contributed by atoms with Crippen molar-refractivity contribution in [2.45, 2.75) is 6.92 Å². The van der Waals surface area contributed by atoms with E-state index in [9.17, 15) is 9.90 Å². The van der Waals surface area contributed by atoms with Crippen LogP contribution in [0.4, 0.5) is 11.4 Å². The average molecular weight is 290 g/mol. The normalized spacial score (nSPS) is 11.1. The minimum Gasteiger partial charge on any atom is -0.507 e. The molecule has 0 aliphatic carbocycles. The molecular formula is C18H14N2O2. The first kappa shape index (κ1) is 13.9. The van der Waals surface area contributed by atoms with Crippen molar-refractivity contribution >= 4 is 27.9 Å². The molecule has 108 valence electrons. The van der Waals surface area contributed by atoms with Gasteiger partial charge in [-0.05, 0) is 31.2 Å². The van der Waals surface area contributed by atoms with E-state index in [0.29, 0.717) is 16.9 Å². The first-order chi connectivity index (χ1) is 10.6. The Hall–Kier alpha value is -3.01. The monoisotopic (exact) mass is 290 g/mol. The molecule has 0 aliphatic heterocycles. The van der Waals surface area contributed by atoms with E-state index in [4.69, 9.17) is 0 Å². The second-order valence-electron chi connectivity index (χ2n) is 4.96. The fraction of sp³-hybridized carbons (Fsp3) is 0.0556. The Morgan fingerprint density at radius 2 is 1.68 bits per heavy atom. The van der Waals surface area contributed by atoms with Gasteiger partial charge in [-0.3, -0.25) is 4.79 Å². The summed E-state index contributed by atoms with van der Waals surface area (Å²) in [5, 5.41) is 19.9. The van der Waals surface area contributed by atoms with Crippen molar-refractivity contribution in [2.75, 3.05) is 0 Å². The van der Waals surface area contributed by atoms with Gasteiger partial charge in [0.1, 0.15) is 5.75 Å². The number of azo groups is 1. The van der Waals surface area contributed by atoms with E-state index in [2.05, 4.69) is 10.2 Å². The summed E-state index contributed by atoms with van der Waals surface area (Å²) in [6.07, 6.45) is 0. The van der Waals surface area contributed by atoms with E-state index in [1.807, 2.05) is 24.3 Å². The zero-order chi connectivity index (χ0) is 15.5.